The summed E-state index contributed by atoms with van der Waals surface area (Å²) >= 11 is 5.80. The second kappa shape index (κ2) is 9.36. The van der Waals surface area contributed by atoms with E-state index < -0.39 is 22.5 Å². The maximum atomic E-state index is 13.0. The molecule has 3 rings (SSSR count). The molecule has 9 nitrogen and oxygen atoms in total. The van der Waals surface area contributed by atoms with Crippen LogP contribution in [-0.2, 0) is 16.0 Å². The molecule has 10 heteroatoms. The van der Waals surface area contributed by atoms with Crippen molar-refractivity contribution >= 4 is 34.4 Å². The number of nitrogens with zero attached hydrogens (tertiary/aromatic N) is 3. The van der Waals surface area contributed by atoms with E-state index in [2.05, 4.69) is 0 Å². The van der Waals surface area contributed by atoms with E-state index in [1.807, 2.05) is 20.8 Å². The van der Waals surface area contributed by atoms with E-state index in [9.17, 15) is 19.2 Å². The molecule has 1 aliphatic heterocycles. The summed E-state index contributed by atoms with van der Waals surface area (Å²) < 4.78 is 12.7. The molecule has 1 fully saturated rings. The van der Waals surface area contributed by atoms with E-state index >= 15 is 0 Å². The molecule has 0 unspecified atom stereocenters. The van der Waals surface area contributed by atoms with Gasteiger partial charge in [0.1, 0.15) is 11.3 Å². The predicted molar refractivity (Wildman–Crippen MR) is 118 cm³/mol. The Morgan fingerprint density at radius 1 is 1.16 bits per heavy atom. The van der Waals surface area contributed by atoms with Gasteiger partial charge in [-0.2, -0.15) is 0 Å². The van der Waals surface area contributed by atoms with Crippen molar-refractivity contribution in [3.05, 3.63) is 40.1 Å². The van der Waals surface area contributed by atoms with Gasteiger partial charge in [0.2, 0.25) is 0 Å². The Morgan fingerprint density at radius 2 is 1.81 bits per heavy atom. The van der Waals surface area contributed by atoms with Crippen LogP contribution < -0.4 is 5.69 Å². The Bertz CT molecular complexity index is 1090. The van der Waals surface area contributed by atoms with Gasteiger partial charge in [-0.1, -0.05) is 0 Å². The van der Waals surface area contributed by atoms with Gasteiger partial charge < -0.3 is 14.4 Å². The minimum absolute atomic E-state index is 0.0965. The molecule has 0 saturated carbocycles. The number of esters is 1. The monoisotopic (exact) mass is 465 g/mol. The van der Waals surface area contributed by atoms with Gasteiger partial charge in [-0.05, 0) is 69.7 Å². The predicted octanol–water partition coefficient (Wildman–Crippen LogP) is 3.30. The molecule has 0 radical (unpaired) electrons. The van der Waals surface area contributed by atoms with Crippen molar-refractivity contribution < 1.29 is 23.9 Å². The highest BCUT2D eigenvalue weighted by molar-refractivity contribution is 6.68. The number of carbonyl (C=O) groups is 3. The summed E-state index contributed by atoms with van der Waals surface area (Å²) in [5.74, 6) is -0.297. The van der Waals surface area contributed by atoms with Gasteiger partial charge in [-0.15, -0.1) is 0 Å². The Balaban J connectivity index is 1.73. The van der Waals surface area contributed by atoms with E-state index in [-0.39, 0.29) is 23.3 Å². The van der Waals surface area contributed by atoms with E-state index in [1.54, 1.807) is 4.90 Å². The molecule has 2 aromatic rings. The highest BCUT2D eigenvalue weighted by Crippen LogP contribution is 2.24. The van der Waals surface area contributed by atoms with E-state index in [1.165, 1.54) is 34.4 Å². The fraction of sp³-hybridized carbons (Fsp3) is 0.545. The van der Waals surface area contributed by atoms with Crippen molar-refractivity contribution in [1.29, 1.82) is 0 Å². The number of likely N-dealkylation sites (tertiary alicyclic amines) is 1. The summed E-state index contributed by atoms with van der Waals surface area (Å²) in [5, 5.41) is -0.741. The van der Waals surface area contributed by atoms with Gasteiger partial charge in [0.25, 0.3) is 5.24 Å². The summed E-state index contributed by atoms with van der Waals surface area (Å²) in [7, 11) is 1.25. The zero-order valence-corrected chi connectivity index (χ0v) is 19.5. The van der Waals surface area contributed by atoms with Crippen LogP contribution in [0.4, 0.5) is 4.79 Å². The maximum absolute atomic E-state index is 13.0. The largest absolute Gasteiger partial charge is 0.465 e. The Labute approximate surface area is 190 Å². The number of rotatable bonds is 5. The Hall–Kier alpha value is -2.81. The zero-order chi connectivity index (χ0) is 23.6. The van der Waals surface area contributed by atoms with Crippen LogP contribution >= 0.6 is 11.6 Å². The summed E-state index contributed by atoms with van der Waals surface area (Å²) in [5.41, 5.74) is -0.352. The molecule has 3 heterocycles. The van der Waals surface area contributed by atoms with E-state index in [0.29, 0.717) is 31.6 Å². The number of fused-ring (bicyclic) bond motifs is 1. The lowest BCUT2D eigenvalue weighted by Gasteiger charge is -2.33. The molecule has 0 N–H and O–H groups in total. The van der Waals surface area contributed by atoms with Crippen molar-refractivity contribution in [3.8, 4) is 0 Å². The van der Waals surface area contributed by atoms with Crippen molar-refractivity contribution in [2.45, 2.75) is 52.2 Å². The number of pyridine rings is 1. The molecule has 0 aromatic carbocycles. The van der Waals surface area contributed by atoms with E-state index in [4.69, 9.17) is 21.1 Å². The Morgan fingerprint density at radius 3 is 2.38 bits per heavy atom. The van der Waals surface area contributed by atoms with Crippen LogP contribution in [0.5, 0.6) is 0 Å². The lowest BCUT2D eigenvalue weighted by molar-refractivity contribution is 0.0179. The first-order valence-corrected chi connectivity index (χ1v) is 10.9. The molecule has 0 spiro atoms. The van der Waals surface area contributed by atoms with Crippen LogP contribution in [0.2, 0.25) is 0 Å². The van der Waals surface area contributed by atoms with Crippen LogP contribution in [-0.4, -0.2) is 57.0 Å². The number of halogens is 1. The van der Waals surface area contributed by atoms with Gasteiger partial charge in [0.15, 0.2) is 0 Å². The number of methoxy groups -OCH3 is 1. The normalized spacial score (nSPS) is 15.1. The molecule has 1 saturated heterocycles. The molecular weight excluding hydrogens is 438 g/mol. The van der Waals surface area contributed by atoms with Gasteiger partial charge in [-0.25, -0.2) is 14.4 Å². The number of hydrogen-bond donors (Lipinski definition) is 0. The lowest BCUT2D eigenvalue weighted by Crippen LogP contribution is -2.42. The maximum Gasteiger partial charge on any atom is 0.410 e. The fourth-order valence-corrected chi connectivity index (χ4v) is 4.11. The summed E-state index contributed by atoms with van der Waals surface area (Å²) in [6.45, 7) is 6.97. The molecule has 32 heavy (non-hydrogen) atoms. The van der Waals surface area contributed by atoms with Crippen molar-refractivity contribution in [3.63, 3.8) is 0 Å². The number of ether oxygens (including phenoxy) is 2. The van der Waals surface area contributed by atoms with Crippen molar-refractivity contribution in [2.75, 3.05) is 20.2 Å². The van der Waals surface area contributed by atoms with Crippen molar-refractivity contribution in [1.82, 2.24) is 13.9 Å². The third-order valence-corrected chi connectivity index (χ3v) is 5.71. The van der Waals surface area contributed by atoms with Crippen LogP contribution in [0, 0.1) is 5.92 Å². The van der Waals surface area contributed by atoms with Gasteiger partial charge in [0.05, 0.1) is 18.2 Å². The van der Waals surface area contributed by atoms with Crippen LogP contribution in [0.3, 0.4) is 0 Å². The molecule has 174 valence electrons. The van der Waals surface area contributed by atoms with Crippen LogP contribution in [0.25, 0.3) is 5.52 Å². The topological polar surface area (TPSA) is 99.3 Å². The number of hydrogen-bond acceptors (Lipinski definition) is 6. The standard InChI is InChI=1S/C22H28ClN3O6/c1-22(2,3)32-21(30)24-10-7-14(8-11-24)9-12-25-17(18(23)27)16-6-5-15(19(28)31-4)13-26(16)20(25)29/h5-6,13-14H,7-12H2,1-4H3. The highest BCUT2D eigenvalue weighted by Gasteiger charge is 2.27. The Kier molecular flexibility index (Phi) is 6.97. The second-order valence-corrected chi connectivity index (χ2v) is 9.26. The molecular formula is C22H28ClN3O6. The molecule has 2 aromatic heterocycles. The third-order valence-electron chi connectivity index (χ3n) is 5.53. The summed E-state index contributed by atoms with van der Waals surface area (Å²) in [6, 6.07) is 3.00. The second-order valence-electron chi connectivity index (χ2n) is 8.92. The average molecular weight is 466 g/mol. The van der Waals surface area contributed by atoms with E-state index in [0.717, 1.165) is 12.8 Å². The molecule has 0 atom stereocenters. The van der Waals surface area contributed by atoms with Crippen LogP contribution in [0.15, 0.2) is 23.1 Å². The lowest BCUT2D eigenvalue weighted by atomic mass is 9.93. The highest BCUT2D eigenvalue weighted by atomic mass is 35.5. The number of amides is 1. The first kappa shape index (κ1) is 23.8. The minimum Gasteiger partial charge on any atom is -0.465 e. The summed E-state index contributed by atoms with van der Waals surface area (Å²) in [4.78, 5) is 50.8. The first-order chi connectivity index (χ1) is 15.0. The van der Waals surface area contributed by atoms with Gasteiger partial charge in [0, 0.05) is 25.8 Å². The van der Waals surface area contributed by atoms with Gasteiger partial charge >= 0.3 is 17.8 Å². The molecule has 1 amide bonds. The first-order valence-electron chi connectivity index (χ1n) is 10.5. The average Bonchev–Trinajstić information content (AvgIpc) is 3.02. The zero-order valence-electron chi connectivity index (χ0n) is 18.7. The fourth-order valence-electron chi connectivity index (χ4n) is 3.91. The molecule has 0 aliphatic carbocycles. The van der Waals surface area contributed by atoms with Crippen LogP contribution in [0.1, 0.15) is 60.9 Å². The number of piperidine rings is 1. The quantitative estimate of drug-likeness (QED) is 0.496. The molecule has 0 bridgehead atoms. The third kappa shape index (κ3) is 5.15. The summed E-state index contributed by atoms with van der Waals surface area (Å²) in [6.07, 6.45) is 3.24. The minimum atomic E-state index is -0.741. The number of carbonyl (C=O) groups excluding carboxylic acids is 3. The van der Waals surface area contributed by atoms with Gasteiger partial charge in [-0.3, -0.25) is 13.8 Å². The SMILES string of the molecule is COC(=O)c1ccc2c(C(=O)Cl)n(CCC3CCN(C(=O)OC(C)(C)C)CC3)c(=O)n2c1. The number of aromatic nitrogens is 2. The molecule has 1 aliphatic rings. The smallest absolute Gasteiger partial charge is 0.410 e. The number of imidazole rings is 1. The van der Waals surface area contributed by atoms with Crippen molar-refractivity contribution in [2.24, 2.45) is 5.92 Å².